The van der Waals surface area contributed by atoms with Crippen LogP contribution in [0.2, 0.25) is 0 Å². The second-order valence-electron chi connectivity index (χ2n) is 5.66. The van der Waals surface area contributed by atoms with Gasteiger partial charge in [-0.1, -0.05) is 11.2 Å². The van der Waals surface area contributed by atoms with Gasteiger partial charge in [-0.2, -0.15) is 4.98 Å². The van der Waals surface area contributed by atoms with Gasteiger partial charge in [0.1, 0.15) is 12.4 Å². The van der Waals surface area contributed by atoms with Gasteiger partial charge >= 0.3 is 0 Å². The van der Waals surface area contributed by atoms with Crippen LogP contribution < -0.4 is 10.1 Å². The lowest BCUT2D eigenvalue weighted by Gasteiger charge is -2.08. The molecule has 0 atom stereocenters. The molecular weight excluding hydrogens is 348 g/mol. The molecule has 2 heterocycles. The minimum atomic E-state index is -0.146. The number of aryl methyl sites for hydroxylation is 1. The molecule has 0 aliphatic heterocycles. The Balaban J connectivity index is 1.50. The van der Waals surface area contributed by atoms with Crippen LogP contribution in [0, 0.1) is 0 Å². The average Bonchev–Trinajstić information content (AvgIpc) is 3.17. The molecule has 0 fully saturated rings. The summed E-state index contributed by atoms with van der Waals surface area (Å²) >= 11 is 0. The Morgan fingerprint density at radius 3 is 2.85 bits per heavy atom. The zero-order valence-corrected chi connectivity index (χ0v) is 14.9. The first-order valence-electron chi connectivity index (χ1n) is 8.49. The molecule has 140 valence electrons. The fourth-order valence-corrected chi connectivity index (χ4v) is 2.33. The van der Waals surface area contributed by atoms with Crippen LogP contribution in [-0.4, -0.2) is 41.4 Å². The molecular formula is C19H20N4O4. The topological polar surface area (TPSA) is 99.4 Å². The normalized spacial score (nSPS) is 10.6. The van der Waals surface area contributed by atoms with Gasteiger partial charge < -0.3 is 19.3 Å². The van der Waals surface area contributed by atoms with E-state index in [0.717, 1.165) is 5.56 Å². The summed E-state index contributed by atoms with van der Waals surface area (Å²) in [6.07, 6.45) is 3.90. The Kier molecular flexibility index (Phi) is 6.48. The number of pyridine rings is 1. The first-order chi connectivity index (χ1) is 13.2. The highest BCUT2D eigenvalue weighted by atomic mass is 16.5. The molecule has 8 heteroatoms. The quantitative estimate of drug-likeness (QED) is 0.580. The maximum Gasteiger partial charge on any atom is 0.227 e. The van der Waals surface area contributed by atoms with E-state index in [2.05, 4.69) is 20.4 Å². The Labute approximate surface area is 156 Å². The lowest BCUT2D eigenvalue weighted by molar-refractivity contribution is -0.116. The number of amides is 1. The molecule has 0 saturated carbocycles. The largest absolute Gasteiger partial charge is 0.491 e. The number of carbonyl (C=O) groups excluding carboxylic acids is 1. The summed E-state index contributed by atoms with van der Waals surface area (Å²) in [7, 11) is 1.61. The van der Waals surface area contributed by atoms with Gasteiger partial charge in [-0.05, 0) is 24.3 Å². The number of nitrogens with zero attached hydrogens (tertiary/aromatic N) is 3. The number of anilines is 1. The third kappa shape index (κ3) is 5.61. The molecule has 1 N–H and O–H groups in total. The SMILES string of the molecule is COCCOc1cccc(NC(=O)CCc2nc(-c3ccncc3)no2)c1. The van der Waals surface area contributed by atoms with E-state index in [4.69, 9.17) is 14.0 Å². The second-order valence-corrected chi connectivity index (χ2v) is 5.66. The molecule has 0 spiro atoms. The van der Waals surface area contributed by atoms with Crippen molar-refractivity contribution in [3.63, 3.8) is 0 Å². The maximum absolute atomic E-state index is 12.2. The van der Waals surface area contributed by atoms with Crippen molar-refractivity contribution in [1.82, 2.24) is 15.1 Å². The van der Waals surface area contributed by atoms with Crippen LogP contribution in [-0.2, 0) is 16.0 Å². The lowest BCUT2D eigenvalue weighted by atomic mass is 10.2. The predicted octanol–water partition coefficient (Wildman–Crippen LogP) is 2.73. The number of benzene rings is 1. The zero-order valence-electron chi connectivity index (χ0n) is 14.9. The second kappa shape index (κ2) is 9.44. The molecule has 1 aromatic carbocycles. The smallest absolute Gasteiger partial charge is 0.227 e. The monoisotopic (exact) mass is 368 g/mol. The van der Waals surface area contributed by atoms with Gasteiger partial charge in [-0.15, -0.1) is 0 Å². The number of aromatic nitrogens is 3. The van der Waals surface area contributed by atoms with Crippen molar-refractivity contribution >= 4 is 11.6 Å². The number of hydrogen-bond acceptors (Lipinski definition) is 7. The van der Waals surface area contributed by atoms with Gasteiger partial charge in [0.15, 0.2) is 0 Å². The van der Waals surface area contributed by atoms with E-state index in [1.807, 2.05) is 12.1 Å². The van der Waals surface area contributed by atoms with Crippen LogP contribution in [0.5, 0.6) is 5.75 Å². The molecule has 0 aliphatic carbocycles. The Hall–Kier alpha value is -3.26. The van der Waals surface area contributed by atoms with Gasteiger partial charge in [0.05, 0.1) is 6.61 Å². The maximum atomic E-state index is 12.2. The molecule has 3 aromatic rings. The van der Waals surface area contributed by atoms with Gasteiger partial charge in [0, 0.05) is 49.7 Å². The first kappa shape index (κ1) is 18.5. The van der Waals surface area contributed by atoms with Gasteiger partial charge in [-0.3, -0.25) is 9.78 Å². The number of rotatable bonds is 9. The molecule has 0 aliphatic rings. The first-order valence-corrected chi connectivity index (χ1v) is 8.49. The molecule has 0 unspecified atom stereocenters. The molecule has 3 rings (SSSR count). The van der Waals surface area contributed by atoms with Crippen molar-refractivity contribution < 1.29 is 18.8 Å². The molecule has 0 bridgehead atoms. The van der Waals surface area contributed by atoms with E-state index >= 15 is 0 Å². The summed E-state index contributed by atoms with van der Waals surface area (Å²) in [5.41, 5.74) is 1.48. The van der Waals surface area contributed by atoms with E-state index in [1.165, 1.54) is 0 Å². The van der Waals surface area contributed by atoms with E-state index in [0.29, 0.717) is 42.8 Å². The van der Waals surface area contributed by atoms with Crippen LogP contribution in [0.15, 0.2) is 53.3 Å². The third-order valence-electron chi connectivity index (χ3n) is 3.65. The number of carbonyl (C=O) groups is 1. The highest BCUT2D eigenvalue weighted by molar-refractivity contribution is 5.90. The highest BCUT2D eigenvalue weighted by Crippen LogP contribution is 2.18. The van der Waals surface area contributed by atoms with Crippen LogP contribution in [0.25, 0.3) is 11.4 Å². The van der Waals surface area contributed by atoms with Crippen molar-refractivity contribution in [3.05, 3.63) is 54.7 Å². The molecule has 27 heavy (non-hydrogen) atoms. The van der Waals surface area contributed by atoms with Crippen molar-refractivity contribution in [2.45, 2.75) is 12.8 Å². The zero-order chi connectivity index (χ0) is 18.9. The number of ether oxygens (including phenoxy) is 2. The Bertz CT molecular complexity index is 867. The van der Waals surface area contributed by atoms with E-state index < -0.39 is 0 Å². The van der Waals surface area contributed by atoms with E-state index in [-0.39, 0.29) is 12.3 Å². The molecule has 0 radical (unpaired) electrons. The molecule has 1 amide bonds. The molecule has 8 nitrogen and oxygen atoms in total. The number of nitrogens with one attached hydrogen (secondary N) is 1. The van der Waals surface area contributed by atoms with Crippen LogP contribution in [0.3, 0.4) is 0 Å². The summed E-state index contributed by atoms with van der Waals surface area (Å²) in [6, 6.07) is 10.8. The van der Waals surface area contributed by atoms with Crippen LogP contribution in [0.4, 0.5) is 5.69 Å². The van der Waals surface area contributed by atoms with Crippen molar-refractivity contribution in [1.29, 1.82) is 0 Å². The fourth-order valence-electron chi connectivity index (χ4n) is 2.33. The van der Waals surface area contributed by atoms with Crippen molar-refractivity contribution in [3.8, 4) is 17.1 Å². The molecule has 0 saturated heterocycles. The van der Waals surface area contributed by atoms with E-state index in [9.17, 15) is 4.79 Å². The van der Waals surface area contributed by atoms with Gasteiger partial charge in [0.25, 0.3) is 0 Å². The predicted molar refractivity (Wildman–Crippen MR) is 98.3 cm³/mol. The minimum Gasteiger partial charge on any atom is -0.491 e. The fraction of sp³-hybridized carbons (Fsp3) is 0.263. The standard InChI is InChI=1S/C19H20N4O4/c1-25-11-12-26-16-4-2-3-15(13-16)21-17(24)5-6-18-22-19(23-27-18)14-7-9-20-10-8-14/h2-4,7-10,13H,5-6,11-12H2,1H3,(H,21,24). The average molecular weight is 368 g/mol. The summed E-state index contributed by atoms with van der Waals surface area (Å²) in [5.74, 6) is 1.42. The van der Waals surface area contributed by atoms with Gasteiger partial charge in [0.2, 0.25) is 17.6 Å². The third-order valence-corrected chi connectivity index (χ3v) is 3.65. The van der Waals surface area contributed by atoms with Crippen molar-refractivity contribution in [2.75, 3.05) is 25.6 Å². The number of methoxy groups -OCH3 is 1. The summed E-state index contributed by atoms with van der Waals surface area (Å²) in [6.45, 7) is 0.952. The summed E-state index contributed by atoms with van der Waals surface area (Å²) < 4.78 is 15.7. The number of hydrogen-bond donors (Lipinski definition) is 1. The van der Waals surface area contributed by atoms with Gasteiger partial charge in [-0.25, -0.2) is 0 Å². The Morgan fingerprint density at radius 2 is 2.04 bits per heavy atom. The highest BCUT2D eigenvalue weighted by Gasteiger charge is 2.11. The van der Waals surface area contributed by atoms with E-state index in [1.54, 1.807) is 43.8 Å². The molecule has 2 aromatic heterocycles. The Morgan fingerprint density at radius 1 is 1.19 bits per heavy atom. The lowest BCUT2D eigenvalue weighted by Crippen LogP contribution is -2.12. The van der Waals surface area contributed by atoms with Crippen LogP contribution in [0.1, 0.15) is 12.3 Å². The van der Waals surface area contributed by atoms with Crippen molar-refractivity contribution in [2.24, 2.45) is 0 Å². The van der Waals surface area contributed by atoms with Crippen LogP contribution >= 0.6 is 0 Å². The summed E-state index contributed by atoms with van der Waals surface area (Å²) in [5, 5.41) is 6.76. The summed E-state index contributed by atoms with van der Waals surface area (Å²) in [4.78, 5) is 20.4. The minimum absolute atomic E-state index is 0.146.